The van der Waals surface area contributed by atoms with E-state index in [2.05, 4.69) is 19.2 Å². The van der Waals surface area contributed by atoms with Crippen molar-refractivity contribution in [2.45, 2.75) is 19.8 Å². The molecule has 1 saturated heterocycles. The summed E-state index contributed by atoms with van der Waals surface area (Å²) in [5.41, 5.74) is 2.02. The zero-order chi connectivity index (χ0) is 17.0. The van der Waals surface area contributed by atoms with Crippen molar-refractivity contribution in [3.8, 4) is 0 Å². The van der Waals surface area contributed by atoms with Gasteiger partial charge in [-0.3, -0.25) is 9.69 Å². The van der Waals surface area contributed by atoms with Gasteiger partial charge >= 0.3 is 0 Å². The minimum Gasteiger partial charge on any atom is -0.325 e. The molecule has 1 aliphatic rings. The van der Waals surface area contributed by atoms with E-state index >= 15 is 0 Å². The van der Waals surface area contributed by atoms with Gasteiger partial charge in [0.1, 0.15) is 0 Å². The fraction of sp³-hybridized carbons (Fsp3) is 0.562. The van der Waals surface area contributed by atoms with E-state index in [0.717, 1.165) is 5.69 Å². The molecular weight excluding hydrogens is 314 g/mol. The third-order valence-electron chi connectivity index (χ3n) is 4.03. The highest BCUT2D eigenvalue weighted by atomic mass is 32.2. The number of rotatable bonds is 5. The van der Waals surface area contributed by atoms with Crippen molar-refractivity contribution in [2.75, 3.05) is 44.3 Å². The lowest BCUT2D eigenvalue weighted by atomic mass is 10.0. The van der Waals surface area contributed by atoms with Crippen molar-refractivity contribution in [2.24, 2.45) is 0 Å². The number of carbonyl (C=O) groups is 1. The summed E-state index contributed by atoms with van der Waals surface area (Å²) in [4.78, 5) is 14.1. The second-order valence-corrected chi connectivity index (χ2v) is 8.25. The Labute approximate surface area is 138 Å². The third-order valence-corrected chi connectivity index (χ3v) is 5.33. The van der Waals surface area contributed by atoms with E-state index in [1.54, 1.807) is 0 Å². The molecule has 0 atom stereocenters. The lowest BCUT2D eigenvalue weighted by Crippen LogP contribution is -2.50. The van der Waals surface area contributed by atoms with E-state index in [1.165, 1.54) is 16.1 Å². The first-order valence-corrected chi connectivity index (χ1v) is 9.68. The minimum atomic E-state index is -3.13. The highest BCUT2D eigenvalue weighted by molar-refractivity contribution is 7.88. The first-order chi connectivity index (χ1) is 10.8. The fourth-order valence-electron chi connectivity index (χ4n) is 2.57. The summed E-state index contributed by atoms with van der Waals surface area (Å²) in [7, 11) is -3.13. The van der Waals surface area contributed by atoms with Crippen LogP contribution in [-0.2, 0) is 14.8 Å². The third kappa shape index (κ3) is 5.30. The van der Waals surface area contributed by atoms with Crippen LogP contribution in [0.4, 0.5) is 5.69 Å². The maximum Gasteiger partial charge on any atom is 0.238 e. The van der Waals surface area contributed by atoms with Crippen molar-refractivity contribution < 1.29 is 13.2 Å². The molecule has 1 fully saturated rings. The molecule has 2 rings (SSSR count). The molecule has 0 spiro atoms. The molecular formula is C16H25N3O3S. The Kier molecular flexibility index (Phi) is 5.78. The van der Waals surface area contributed by atoms with Crippen LogP contribution in [0.3, 0.4) is 0 Å². The summed E-state index contributed by atoms with van der Waals surface area (Å²) in [6.45, 7) is 6.57. The largest absolute Gasteiger partial charge is 0.325 e. The number of anilines is 1. The summed E-state index contributed by atoms with van der Waals surface area (Å²) >= 11 is 0. The van der Waals surface area contributed by atoms with Crippen molar-refractivity contribution in [1.82, 2.24) is 9.21 Å². The normalized spacial score (nSPS) is 17.4. The van der Waals surface area contributed by atoms with Crippen molar-refractivity contribution >= 4 is 21.6 Å². The number of hydrogen-bond acceptors (Lipinski definition) is 4. The quantitative estimate of drug-likeness (QED) is 0.878. The number of amides is 1. The molecule has 1 amide bonds. The molecule has 1 aromatic carbocycles. The first-order valence-electron chi connectivity index (χ1n) is 7.83. The van der Waals surface area contributed by atoms with E-state index in [0.29, 0.717) is 32.1 Å². The van der Waals surface area contributed by atoms with Crippen LogP contribution in [-0.4, -0.2) is 62.5 Å². The van der Waals surface area contributed by atoms with E-state index in [4.69, 9.17) is 0 Å². The molecule has 1 aromatic rings. The van der Waals surface area contributed by atoms with Gasteiger partial charge in [0.15, 0.2) is 0 Å². The summed E-state index contributed by atoms with van der Waals surface area (Å²) in [5, 5.41) is 2.88. The van der Waals surface area contributed by atoms with Crippen LogP contribution < -0.4 is 5.32 Å². The van der Waals surface area contributed by atoms with Gasteiger partial charge in [0, 0.05) is 31.9 Å². The lowest BCUT2D eigenvalue weighted by molar-refractivity contribution is -0.117. The zero-order valence-electron chi connectivity index (χ0n) is 13.9. The molecule has 0 unspecified atom stereocenters. The Balaban J connectivity index is 1.81. The van der Waals surface area contributed by atoms with Gasteiger partial charge in [-0.2, -0.15) is 4.31 Å². The van der Waals surface area contributed by atoms with Crippen molar-refractivity contribution in [3.05, 3.63) is 29.8 Å². The average molecular weight is 339 g/mol. The number of piperazine rings is 1. The molecule has 0 bridgehead atoms. The van der Waals surface area contributed by atoms with E-state index < -0.39 is 10.0 Å². The van der Waals surface area contributed by atoms with E-state index in [-0.39, 0.29) is 12.5 Å². The second kappa shape index (κ2) is 7.42. The molecule has 0 saturated carbocycles. The minimum absolute atomic E-state index is 0.0740. The standard InChI is InChI=1S/C16H25N3O3S/c1-13(2)14-4-6-15(7-5-14)17-16(20)12-18-8-10-19(11-9-18)23(3,21)22/h4-7,13H,8-12H2,1-3H3,(H,17,20). The number of benzene rings is 1. The molecule has 7 heteroatoms. The van der Waals surface area contributed by atoms with Gasteiger partial charge in [-0.15, -0.1) is 0 Å². The molecule has 6 nitrogen and oxygen atoms in total. The van der Waals surface area contributed by atoms with Crippen LogP contribution in [0, 0.1) is 0 Å². The summed E-state index contributed by atoms with van der Waals surface area (Å²) in [6, 6.07) is 7.86. The Morgan fingerprint density at radius 3 is 2.17 bits per heavy atom. The molecule has 1 heterocycles. The van der Waals surface area contributed by atoms with Gasteiger partial charge in [-0.25, -0.2) is 8.42 Å². The average Bonchev–Trinajstić information content (AvgIpc) is 2.47. The molecule has 0 radical (unpaired) electrons. The second-order valence-electron chi connectivity index (χ2n) is 6.26. The molecule has 1 N–H and O–H groups in total. The summed E-state index contributed by atoms with van der Waals surface area (Å²) in [5.74, 6) is 0.390. The number of hydrogen-bond donors (Lipinski definition) is 1. The Bertz CT molecular complexity index is 633. The van der Waals surface area contributed by atoms with Gasteiger partial charge < -0.3 is 5.32 Å². The number of nitrogens with one attached hydrogen (secondary N) is 1. The van der Waals surface area contributed by atoms with Gasteiger partial charge in [0.05, 0.1) is 12.8 Å². The van der Waals surface area contributed by atoms with Gasteiger partial charge in [-0.05, 0) is 23.6 Å². The predicted octanol–water partition coefficient (Wildman–Crippen LogP) is 1.33. The smallest absolute Gasteiger partial charge is 0.238 e. The number of carbonyl (C=O) groups excluding carboxylic acids is 1. The maximum atomic E-state index is 12.1. The van der Waals surface area contributed by atoms with Crippen LogP contribution in [0.15, 0.2) is 24.3 Å². The Morgan fingerprint density at radius 2 is 1.70 bits per heavy atom. The van der Waals surface area contributed by atoms with Crippen LogP contribution in [0.5, 0.6) is 0 Å². The van der Waals surface area contributed by atoms with Gasteiger partial charge in [0.25, 0.3) is 0 Å². The summed E-state index contributed by atoms with van der Waals surface area (Å²) < 4.78 is 24.4. The number of sulfonamides is 1. The van der Waals surface area contributed by atoms with Crippen molar-refractivity contribution in [1.29, 1.82) is 0 Å². The van der Waals surface area contributed by atoms with Crippen LogP contribution in [0.25, 0.3) is 0 Å². The lowest BCUT2D eigenvalue weighted by Gasteiger charge is -2.32. The van der Waals surface area contributed by atoms with E-state index in [9.17, 15) is 13.2 Å². The highest BCUT2D eigenvalue weighted by Gasteiger charge is 2.24. The molecule has 1 aliphatic heterocycles. The highest BCUT2D eigenvalue weighted by Crippen LogP contribution is 2.17. The maximum absolute atomic E-state index is 12.1. The number of nitrogens with zero attached hydrogens (tertiary/aromatic N) is 2. The molecule has 128 valence electrons. The predicted molar refractivity (Wildman–Crippen MR) is 92.0 cm³/mol. The first kappa shape index (κ1) is 17.9. The molecule has 0 aliphatic carbocycles. The zero-order valence-corrected chi connectivity index (χ0v) is 14.8. The fourth-order valence-corrected chi connectivity index (χ4v) is 3.40. The Morgan fingerprint density at radius 1 is 1.13 bits per heavy atom. The van der Waals surface area contributed by atoms with Crippen LogP contribution in [0.1, 0.15) is 25.3 Å². The van der Waals surface area contributed by atoms with Gasteiger partial charge in [-0.1, -0.05) is 26.0 Å². The molecule has 23 heavy (non-hydrogen) atoms. The van der Waals surface area contributed by atoms with Crippen LogP contribution >= 0.6 is 0 Å². The van der Waals surface area contributed by atoms with Crippen LogP contribution in [0.2, 0.25) is 0 Å². The van der Waals surface area contributed by atoms with E-state index in [1.807, 2.05) is 29.2 Å². The van der Waals surface area contributed by atoms with Crippen molar-refractivity contribution in [3.63, 3.8) is 0 Å². The Hall–Kier alpha value is -1.44. The molecule has 0 aromatic heterocycles. The van der Waals surface area contributed by atoms with Gasteiger partial charge in [0.2, 0.25) is 15.9 Å². The topological polar surface area (TPSA) is 69.7 Å². The SMILES string of the molecule is CC(C)c1ccc(NC(=O)CN2CCN(S(C)(=O)=O)CC2)cc1. The monoisotopic (exact) mass is 339 g/mol. The summed E-state index contributed by atoms with van der Waals surface area (Å²) in [6.07, 6.45) is 1.22.